The number of nitrogens with zero attached hydrogens (tertiary/aromatic N) is 1. The van der Waals surface area contributed by atoms with Crippen LogP contribution in [0.5, 0.6) is 0 Å². The molecule has 3 nitrogen and oxygen atoms in total. The molecule has 6 heteroatoms. The minimum absolute atomic E-state index is 0.169. The average molecular weight is 312 g/mol. The Hall–Kier alpha value is -1.56. The molecule has 2 saturated heterocycles. The number of hydrogen-bond donors (Lipinski definition) is 1. The molecule has 1 aromatic rings. The van der Waals surface area contributed by atoms with Gasteiger partial charge in [-0.1, -0.05) is 0 Å². The van der Waals surface area contributed by atoms with Crippen LogP contribution in [0, 0.1) is 11.2 Å². The first kappa shape index (κ1) is 15.3. The van der Waals surface area contributed by atoms with Crippen LogP contribution in [0.1, 0.15) is 24.8 Å². The molecule has 2 aliphatic heterocycles. The van der Waals surface area contributed by atoms with E-state index in [1.807, 2.05) is 0 Å². The van der Waals surface area contributed by atoms with E-state index in [1.165, 1.54) is 4.90 Å². The lowest BCUT2D eigenvalue weighted by Crippen LogP contribution is -2.49. The molecule has 1 amide bonds. The average Bonchev–Trinajstić information content (AvgIpc) is 2.96. The van der Waals surface area contributed by atoms with Crippen LogP contribution in [0.25, 0.3) is 0 Å². The van der Waals surface area contributed by atoms with Crippen LogP contribution in [0.15, 0.2) is 24.3 Å². The number of likely N-dealkylation sites (tertiary alicyclic amines) is 1. The lowest BCUT2D eigenvalue weighted by atomic mass is 9.77. The largest absolute Gasteiger partial charge is 0.349 e. The Labute approximate surface area is 127 Å². The molecular weight excluding hydrogens is 293 g/mol. The molecule has 0 saturated carbocycles. The number of hydrogen-bond acceptors (Lipinski definition) is 2. The molecule has 1 aromatic carbocycles. The number of amides is 1. The van der Waals surface area contributed by atoms with Crippen molar-refractivity contribution in [3.05, 3.63) is 35.6 Å². The van der Waals surface area contributed by atoms with Crippen LogP contribution in [-0.2, 0) is 10.7 Å². The maximum atomic E-state index is 14.3. The summed E-state index contributed by atoms with van der Waals surface area (Å²) in [6, 6.07) is 3.84. The first-order valence-electron chi connectivity index (χ1n) is 7.57. The van der Waals surface area contributed by atoms with Gasteiger partial charge in [0.05, 0.1) is 0 Å². The Morgan fingerprint density at radius 1 is 1.14 bits per heavy atom. The van der Waals surface area contributed by atoms with E-state index in [1.54, 1.807) is 0 Å². The summed E-state index contributed by atoms with van der Waals surface area (Å²) in [5, 5.41) is 3.30. The zero-order chi connectivity index (χ0) is 15.8. The van der Waals surface area contributed by atoms with Gasteiger partial charge in [0.25, 0.3) is 5.91 Å². The van der Waals surface area contributed by atoms with Crippen molar-refractivity contribution in [3.8, 4) is 0 Å². The van der Waals surface area contributed by atoms with Crippen molar-refractivity contribution < 1.29 is 18.0 Å². The fourth-order valence-electron chi connectivity index (χ4n) is 3.39. The molecule has 1 N–H and O–H groups in total. The minimum Gasteiger partial charge on any atom is -0.337 e. The van der Waals surface area contributed by atoms with Crippen LogP contribution >= 0.6 is 0 Å². The first-order valence-corrected chi connectivity index (χ1v) is 7.57. The maximum absolute atomic E-state index is 14.3. The predicted molar refractivity (Wildman–Crippen MR) is 76.0 cm³/mol. The fraction of sp³-hybridized carbons (Fsp3) is 0.562. The smallest absolute Gasteiger partial charge is 0.337 e. The third kappa shape index (κ3) is 2.72. The van der Waals surface area contributed by atoms with Crippen molar-refractivity contribution in [2.45, 2.75) is 25.2 Å². The van der Waals surface area contributed by atoms with Crippen molar-refractivity contribution in [2.24, 2.45) is 5.41 Å². The topological polar surface area (TPSA) is 32.3 Å². The molecule has 1 spiro atoms. The van der Waals surface area contributed by atoms with E-state index in [4.69, 9.17) is 0 Å². The summed E-state index contributed by atoms with van der Waals surface area (Å²) >= 11 is 0. The van der Waals surface area contributed by atoms with Crippen LogP contribution in [-0.4, -0.2) is 37.0 Å². The Kier molecular flexibility index (Phi) is 3.89. The molecule has 2 heterocycles. The van der Waals surface area contributed by atoms with Crippen LogP contribution in [0.2, 0.25) is 0 Å². The van der Waals surface area contributed by atoms with Gasteiger partial charge in [0.15, 0.2) is 0 Å². The Morgan fingerprint density at radius 2 is 1.77 bits per heavy atom. The lowest BCUT2D eigenvalue weighted by molar-refractivity contribution is -0.161. The number of rotatable bonds is 2. The van der Waals surface area contributed by atoms with Gasteiger partial charge in [-0.2, -0.15) is 8.78 Å². The highest BCUT2D eigenvalue weighted by Crippen LogP contribution is 2.39. The number of nitrogens with one attached hydrogen (secondary N) is 1. The van der Waals surface area contributed by atoms with E-state index in [0.29, 0.717) is 13.1 Å². The molecule has 0 bridgehead atoms. The normalized spacial score (nSPS) is 21.3. The summed E-state index contributed by atoms with van der Waals surface area (Å²) in [4.78, 5) is 13.4. The zero-order valence-corrected chi connectivity index (χ0v) is 12.2. The zero-order valence-electron chi connectivity index (χ0n) is 12.2. The number of benzene rings is 1. The van der Waals surface area contributed by atoms with Gasteiger partial charge in [0.1, 0.15) is 5.82 Å². The predicted octanol–water partition coefficient (Wildman–Crippen LogP) is 2.52. The lowest BCUT2D eigenvalue weighted by Gasteiger charge is -2.39. The van der Waals surface area contributed by atoms with E-state index in [0.717, 1.165) is 56.6 Å². The quantitative estimate of drug-likeness (QED) is 0.910. The minimum atomic E-state index is -3.61. The van der Waals surface area contributed by atoms with Crippen molar-refractivity contribution in [3.63, 3.8) is 0 Å². The van der Waals surface area contributed by atoms with Gasteiger partial charge < -0.3 is 10.2 Å². The Morgan fingerprint density at radius 3 is 2.32 bits per heavy atom. The highest BCUT2D eigenvalue weighted by molar-refractivity contribution is 5.85. The molecule has 2 aliphatic rings. The molecule has 0 unspecified atom stereocenters. The van der Waals surface area contributed by atoms with Crippen molar-refractivity contribution in [1.29, 1.82) is 0 Å². The molecule has 0 aliphatic carbocycles. The molecule has 3 rings (SSSR count). The van der Waals surface area contributed by atoms with Crippen molar-refractivity contribution in [1.82, 2.24) is 10.2 Å². The number of alkyl halides is 2. The molecule has 0 atom stereocenters. The van der Waals surface area contributed by atoms with Crippen molar-refractivity contribution >= 4 is 5.91 Å². The summed E-state index contributed by atoms with van der Waals surface area (Å²) in [6.45, 7) is 2.58. The highest BCUT2D eigenvalue weighted by Gasteiger charge is 2.46. The van der Waals surface area contributed by atoms with Gasteiger partial charge in [-0.05, 0) is 55.5 Å². The standard InChI is InChI=1S/C16H19F3N2O/c17-13-3-1-12(2-4-13)16(18,19)14(22)21-9-6-15(7-10-21)5-8-20-11-15/h1-4,20H,5-11H2. The first-order chi connectivity index (χ1) is 10.4. The van der Waals surface area contributed by atoms with E-state index in [2.05, 4.69) is 5.32 Å². The second-order valence-electron chi connectivity index (χ2n) is 6.30. The maximum Gasteiger partial charge on any atom is 0.349 e. The van der Waals surface area contributed by atoms with Crippen molar-refractivity contribution in [2.75, 3.05) is 26.2 Å². The van der Waals surface area contributed by atoms with Crippen LogP contribution in [0.3, 0.4) is 0 Å². The summed E-state index contributed by atoms with van der Waals surface area (Å²) in [5.74, 6) is -5.38. The Bertz CT molecular complexity index is 543. The third-order valence-corrected chi connectivity index (χ3v) is 4.92. The summed E-state index contributed by atoms with van der Waals surface area (Å²) in [7, 11) is 0. The highest BCUT2D eigenvalue weighted by atomic mass is 19.3. The molecule has 0 radical (unpaired) electrons. The monoisotopic (exact) mass is 312 g/mol. The molecule has 120 valence electrons. The van der Waals surface area contributed by atoms with E-state index in [9.17, 15) is 18.0 Å². The van der Waals surface area contributed by atoms with Gasteiger partial charge in [-0.3, -0.25) is 4.79 Å². The molecule has 0 aromatic heterocycles. The molecule has 2 fully saturated rings. The third-order valence-electron chi connectivity index (χ3n) is 4.92. The second-order valence-corrected chi connectivity index (χ2v) is 6.30. The number of carbonyl (C=O) groups excluding carboxylic acids is 1. The van der Waals surface area contributed by atoms with Crippen LogP contribution < -0.4 is 5.32 Å². The van der Waals surface area contributed by atoms with Gasteiger partial charge >= 0.3 is 5.92 Å². The van der Waals surface area contributed by atoms with Gasteiger partial charge in [-0.25, -0.2) is 4.39 Å². The van der Waals surface area contributed by atoms with Gasteiger partial charge in [0, 0.05) is 25.2 Å². The fourth-order valence-corrected chi connectivity index (χ4v) is 3.39. The molecule has 22 heavy (non-hydrogen) atoms. The SMILES string of the molecule is O=C(N1CCC2(CCNC2)CC1)C(F)(F)c1ccc(F)cc1. The number of piperidine rings is 1. The van der Waals surface area contributed by atoms with Crippen LogP contribution in [0.4, 0.5) is 13.2 Å². The molecular formula is C16H19F3N2O. The summed E-state index contributed by atoms with van der Waals surface area (Å²) < 4.78 is 41.5. The number of carbonyl (C=O) groups is 1. The van der Waals surface area contributed by atoms with Gasteiger partial charge in [0.2, 0.25) is 0 Å². The Balaban J connectivity index is 1.69. The second kappa shape index (κ2) is 5.57. The summed E-state index contributed by atoms with van der Waals surface area (Å²) in [6.07, 6.45) is 2.56. The number of halogens is 3. The van der Waals surface area contributed by atoms with E-state index < -0.39 is 23.2 Å². The summed E-state index contributed by atoms with van der Waals surface area (Å²) in [5.41, 5.74) is -0.288. The van der Waals surface area contributed by atoms with E-state index >= 15 is 0 Å². The van der Waals surface area contributed by atoms with E-state index in [-0.39, 0.29) is 5.41 Å². The van der Waals surface area contributed by atoms with Gasteiger partial charge in [-0.15, -0.1) is 0 Å².